The molecule has 0 aliphatic heterocycles. The molecule has 1 unspecified atom stereocenters. The number of hydrogen-bond acceptors (Lipinski definition) is 5. The summed E-state index contributed by atoms with van der Waals surface area (Å²) >= 11 is 0.747. The summed E-state index contributed by atoms with van der Waals surface area (Å²) in [5.74, 6) is 0. The molecular formula is C11H21N3O3S2. The Hall–Kier alpha value is -0.700. The molecule has 0 saturated carbocycles. The monoisotopic (exact) mass is 307 g/mol. The number of nitrogens with one attached hydrogen (secondary N) is 1. The van der Waals surface area contributed by atoms with Crippen LogP contribution in [0.2, 0.25) is 0 Å². The van der Waals surface area contributed by atoms with Crippen LogP contribution in [0.5, 0.6) is 0 Å². The lowest BCUT2D eigenvalue weighted by molar-refractivity contribution is 0.271. The van der Waals surface area contributed by atoms with Gasteiger partial charge >= 0.3 is 4.87 Å². The molecule has 0 aliphatic rings. The van der Waals surface area contributed by atoms with Crippen molar-refractivity contribution in [1.82, 2.24) is 14.2 Å². The lowest BCUT2D eigenvalue weighted by Crippen LogP contribution is -2.43. The van der Waals surface area contributed by atoms with E-state index in [0.29, 0.717) is 18.8 Å². The Kier molecular flexibility index (Phi) is 5.31. The summed E-state index contributed by atoms with van der Waals surface area (Å²) in [5.41, 5.74) is 0.408. The zero-order chi connectivity index (χ0) is 14.8. The van der Waals surface area contributed by atoms with Crippen LogP contribution < -0.4 is 4.87 Å². The molecule has 1 aromatic heterocycles. The summed E-state index contributed by atoms with van der Waals surface area (Å²) < 4.78 is 26.7. The molecule has 0 aromatic carbocycles. The number of sulfonamides is 1. The Morgan fingerprint density at radius 2 is 1.95 bits per heavy atom. The fraction of sp³-hybridized carbons (Fsp3) is 0.727. The second-order valence-corrected chi connectivity index (χ2v) is 7.82. The summed E-state index contributed by atoms with van der Waals surface area (Å²) in [6, 6.07) is -0.151. The molecule has 19 heavy (non-hydrogen) atoms. The fourth-order valence-corrected chi connectivity index (χ4v) is 5.12. The molecule has 0 amide bonds. The van der Waals surface area contributed by atoms with E-state index in [1.807, 2.05) is 25.9 Å². The molecule has 0 bridgehead atoms. The number of thiazole rings is 1. The minimum atomic E-state index is -3.61. The zero-order valence-electron chi connectivity index (χ0n) is 11.9. The van der Waals surface area contributed by atoms with Gasteiger partial charge in [0.2, 0.25) is 0 Å². The van der Waals surface area contributed by atoms with E-state index in [4.69, 9.17) is 0 Å². The summed E-state index contributed by atoms with van der Waals surface area (Å²) in [7, 11) is 0.187. The van der Waals surface area contributed by atoms with Crippen molar-refractivity contribution < 1.29 is 8.42 Å². The van der Waals surface area contributed by atoms with Gasteiger partial charge in [0.1, 0.15) is 0 Å². The minimum absolute atomic E-state index is 0.116. The van der Waals surface area contributed by atoms with E-state index in [2.05, 4.69) is 4.98 Å². The maximum absolute atomic E-state index is 12.6. The van der Waals surface area contributed by atoms with Gasteiger partial charge in [0, 0.05) is 24.8 Å². The molecule has 0 spiro atoms. The fourth-order valence-electron chi connectivity index (χ4n) is 2.08. The Morgan fingerprint density at radius 3 is 2.32 bits per heavy atom. The van der Waals surface area contributed by atoms with Crippen molar-refractivity contribution in [3.05, 3.63) is 15.4 Å². The molecule has 0 radical (unpaired) electrons. The average molecular weight is 307 g/mol. The SMILES string of the molecule is CCN(C(C)CN(C)C)S(=O)(=O)c1sc(=O)[nH]c1C. The van der Waals surface area contributed by atoms with Gasteiger partial charge in [0.05, 0.1) is 0 Å². The first kappa shape index (κ1) is 16.4. The van der Waals surface area contributed by atoms with Crippen molar-refractivity contribution in [2.75, 3.05) is 27.2 Å². The van der Waals surface area contributed by atoms with Crippen molar-refractivity contribution in [3.63, 3.8) is 0 Å². The van der Waals surface area contributed by atoms with Crippen LogP contribution >= 0.6 is 11.3 Å². The second-order valence-electron chi connectivity index (χ2n) is 4.75. The predicted octanol–water partition coefficient (Wildman–Crippen LogP) is 0.706. The second kappa shape index (κ2) is 6.17. The van der Waals surface area contributed by atoms with Crippen LogP contribution in [0.25, 0.3) is 0 Å². The first-order chi connectivity index (χ1) is 8.70. The van der Waals surface area contributed by atoms with Crippen LogP contribution in [0.15, 0.2) is 9.00 Å². The number of aryl methyl sites for hydroxylation is 1. The van der Waals surface area contributed by atoms with Gasteiger partial charge in [-0.25, -0.2) is 8.42 Å². The van der Waals surface area contributed by atoms with Gasteiger partial charge in [-0.2, -0.15) is 4.31 Å². The molecular weight excluding hydrogens is 286 g/mol. The van der Waals surface area contributed by atoms with E-state index in [1.54, 1.807) is 13.8 Å². The van der Waals surface area contributed by atoms with E-state index in [-0.39, 0.29) is 15.1 Å². The number of nitrogens with zero attached hydrogens (tertiary/aromatic N) is 2. The first-order valence-electron chi connectivity index (χ1n) is 6.06. The molecule has 1 aromatic rings. The van der Waals surface area contributed by atoms with E-state index in [9.17, 15) is 13.2 Å². The average Bonchev–Trinajstić information content (AvgIpc) is 2.57. The van der Waals surface area contributed by atoms with Crippen LogP contribution in [-0.2, 0) is 10.0 Å². The van der Waals surface area contributed by atoms with Crippen LogP contribution in [0, 0.1) is 6.92 Å². The number of hydrogen-bond donors (Lipinski definition) is 1. The maximum atomic E-state index is 12.6. The van der Waals surface area contributed by atoms with Crippen LogP contribution in [-0.4, -0.2) is 55.8 Å². The van der Waals surface area contributed by atoms with Crippen molar-refractivity contribution in [2.24, 2.45) is 0 Å². The Balaban J connectivity index is 3.16. The topological polar surface area (TPSA) is 73.5 Å². The van der Waals surface area contributed by atoms with Crippen molar-refractivity contribution in [3.8, 4) is 0 Å². The molecule has 0 saturated heterocycles. The summed E-state index contributed by atoms with van der Waals surface area (Å²) in [6.45, 7) is 6.28. The number of rotatable bonds is 6. The molecule has 1 heterocycles. The van der Waals surface area contributed by atoms with E-state index in [0.717, 1.165) is 11.3 Å². The lowest BCUT2D eigenvalue weighted by Gasteiger charge is -2.28. The zero-order valence-corrected chi connectivity index (χ0v) is 13.6. The Bertz CT molecular complexity index is 574. The molecule has 6 nitrogen and oxygen atoms in total. The van der Waals surface area contributed by atoms with Crippen LogP contribution in [0.4, 0.5) is 0 Å². The third kappa shape index (κ3) is 3.65. The molecule has 1 atom stereocenters. The predicted molar refractivity (Wildman–Crippen MR) is 77.3 cm³/mol. The van der Waals surface area contributed by atoms with Gasteiger partial charge in [-0.15, -0.1) is 0 Å². The van der Waals surface area contributed by atoms with Crippen molar-refractivity contribution in [1.29, 1.82) is 0 Å². The highest BCUT2D eigenvalue weighted by atomic mass is 32.2. The molecule has 1 N–H and O–H groups in total. The minimum Gasteiger partial charge on any atom is -0.315 e. The largest absolute Gasteiger partial charge is 0.315 e. The van der Waals surface area contributed by atoms with Crippen molar-refractivity contribution in [2.45, 2.75) is 31.0 Å². The number of H-pyrrole nitrogens is 1. The van der Waals surface area contributed by atoms with E-state index in [1.165, 1.54) is 4.31 Å². The lowest BCUT2D eigenvalue weighted by atomic mass is 10.3. The molecule has 0 aliphatic carbocycles. The van der Waals surface area contributed by atoms with Gasteiger partial charge in [-0.1, -0.05) is 18.3 Å². The van der Waals surface area contributed by atoms with Gasteiger partial charge in [-0.05, 0) is 27.9 Å². The quantitative estimate of drug-likeness (QED) is 0.840. The first-order valence-corrected chi connectivity index (χ1v) is 8.32. The maximum Gasteiger partial charge on any atom is 0.305 e. The number of aromatic amines is 1. The van der Waals surface area contributed by atoms with Gasteiger partial charge in [0.25, 0.3) is 10.0 Å². The van der Waals surface area contributed by atoms with E-state index >= 15 is 0 Å². The smallest absolute Gasteiger partial charge is 0.305 e. The standard InChI is InChI=1S/C11H21N3O3S2/c1-6-14(8(2)7-13(4)5)19(16,17)10-9(3)12-11(15)18-10/h8H,6-7H2,1-5H3,(H,12,15). The van der Waals surface area contributed by atoms with Gasteiger partial charge < -0.3 is 9.88 Å². The highest BCUT2D eigenvalue weighted by molar-refractivity contribution is 7.91. The number of aromatic nitrogens is 1. The van der Waals surface area contributed by atoms with Crippen LogP contribution in [0.3, 0.4) is 0 Å². The highest BCUT2D eigenvalue weighted by Crippen LogP contribution is 2.22. The Labute approximate surface area is 118 Å². The van der Waals surface area contributed by atoms with Gasteiger partial charge in [-0.3, -0.25) is 4.79 Å². The van der Waals surface area contributed by atoms with Gasteiger partial charge in [0.15, 0.2) is 4.21 Å². The summed E-state index contributed by atoms with van der Waals surface area (Å²) in [5, 5.41) is 0. The molecule has 0 fully saturated rings. The third-order valence-corrected chi connectivity index (χ3v) is 6.43. The van der Waals surface area contributed by atoms with Crippen LogP contribution in [0.1, 0.15) is 19.5 Å². The third-order valence-electron chi connectivity index (χ3n) is 2.76. The molecule has 1 rings (SSSR count). The van der Waals surface area contributed by atoms with E-state index < -0.39 is 10.0 Å². The molecule has 110 valence electrons. The summed E-state index contributed by atoms with van der Waals surface area (Å²) in [6.07, 6.45) is 0. The molecule has 8 heteroatoms. The van der Waals surface area contributed by atoms with Crippen molar-refractivity contribution >= 4 is 21.4 Å². The normalized spacial score (nSPS) is 14.3. The summed E-state index contributed by atoms with van der Waals surface area (Å²) in [4.78, 5) is 15.4. The number of likely N-dealkylation sites (N-methyl/N-ethyl adjacent to an activating group) is 2. The highest BCUT2D eigenvalue weighted by Gasteiger charge is 2.31. The Morgan fingerprint density at radius 1 is 1.37 bits per heavy atom.